The topological polar surface area (TPSA) is 67.4 Å². The summed E-state index contributed by atoms with van der Waals surface area (Å²) in [5, 5.41) is 7.22. The molecule has 0 spiro atoms. The van der Waals surface area contributed by atoms with Crippen LogP contribution in [-0.4, -0.2) is 48.8 Å². The van der Waals surface area contributed by atoms with E-state index in [-0.39, 0.29) is 5.91 Å². The minimum absolute atomic E-state index is 0.190. The molecule has 7 heteroatoms. The van der Waals surface area contributed by atoms with E-state index in [1.807, 2.05) is 0 Å². The van der Waals surface area contributed by atoms with E-state index in [1.165, 1.54) is 11.5 Å². The molecule has 6 nitrogen and oxygen atoms in total. The van der Waals surface area contributed by atoms with Crippen molar-refractivity contribution < 1.29 is 9.53 Å². The number of anilines is 1. The first-order chi connectivity index (χ1) is 7.33. The van der Waals surface area contributed by atoms with Gasteiger partial charge in [0, 0.05) is 31.7 Å². The molecule has 2 heterocycles. The van der Waals surface area contributed by atoms with Gasteiger partial charge >= 0.3 is 0 Å². The first-order valence-electron chi connectivity index (χ1n) is 4.70. The van der Waals surface area contributed by atoms with Gasteiger partial charge in [0.25, 0.3) is 5.91 Å². The Morgan fingerprint density at radius 2 is 2.27 bits per heavy atom. The Morgan fingerprint density at radius 3 is 2.93 bits per heavy atom. The SMILES string of the molecule is CNC(=O)c1nnsc1N1CCOCC1. The lowest BCUT2D eigenvalue weighted by Gasteiger charge is -2.27. The number of aromatic nitrogens is 2. The van der Waals surface area contributed by atoms with Crippen molar-refractivity contribution in [3.8, 4) is 0 Å². The highest BCUT2D eigenvalue weighted by atomic mass is 32.1. The van der Waals surface area contributed by atoms with Crippen LogP contribution in [0.3, 0.4) is 0 Å². The van der Waals surface area contributed by atoms with Gasteiger partial charge in [-0.1, -0.05) is 4.49 Å². The fourth-order valence-electron chi connectivity index (χ4n) is 1.42. The normalized spacial score (nSPS) is 16.5. The second kappa shape index (κ2) is 4.54. The summed E-state index contributed by atoms with van der Waals surface area (Å²) < 4.78 is 9.06. The van der Waals surface area contributed by atoms with Gasteiger partial charge in [0.05, 0.1) is 13.2 Å². The first-order valence-corrected chi connectivity index (χ1v) is 5.47. The van der Waals surface area contributed by atoms with Crippen molar-refractivity contribution in [2.75, 3.05) is 38.3 Å². The highest BCUT2D eigenvalue weighted by Gasteiger charge is 2.22. The highest BCUT2D eigenvalue weighted by molar-refractivity contribution is 7.10. The van der Waals surface area contributed by atoms with Crippen LogP contribution < -0.4 is 10.2 Å². The Hall–Kier alpha value is -1.21. The molecule has 2 rings (SSSR count). The quantitative estimate of drug-likeness (QED) is 0.755. The molecule has 0 bridgehead atoms. The predicted molar refractivity (Wildman–Crippen MR) is 56.3 cm³/mol. The molecule has 0 saturated carbocycles. The van der Waals surface area contributed by atoms with E-state index in [0.29, 0.717) is 18.9 Å². The lowest BCUT2D eigenvalue weighted by molar-refractivity contribution is 0.0956. The molecule has 0 unspecified atom stereocenters. The van der Waals surface area contributed by atoms with Crippen LogP contribution >= 0.6 is 11.5 Å². The van der Waals surface area contributed by atoms with E-state index in [2.05, 4.69) is 19.8 Å². The maximum Gasteiger partial charge on any atom is 0.274 e. The number of amides is 1. The zero-order chi connectivity index (χ0) is 10.7. The summed E-state index contributed by atoms with van der Waals surface area (Å²) in [4.78, 5) is 13.6. The third-order valence-electron chi connectivity index (χ3n) is 2.21. The van der Waals surface area contributed by atoms with Crippen molar-refractivity contribution in [2.45, 2.75) is 0 Å². The molecule has 0 aliphatic carbocycles. The maximum atomic E-state index is 11.5. The second-order valence-corrected chi connectivity index (χ2v) is 3.84. The van der Waals surface area contributed by atoms with Gasteiger partial charge in [-0.25, -0.2) is 0 Å². The summed E-state index contributed by atoms with van der Waals surface area (Å²) in [6, 6.07) is 0. The highest BCUT2D eigenvalue weighted by Crippen LogP contribution is 2.23. The molecule has 1 aliphatic rings. The van der Waals surface area contributed by atoms with Crippen molar-refractivity contribution in [1.29, 1.82) is 0 Å². The van der Waals surface area contributed by atoms with E-state index in [0.717, 1.165) is 18.1 Å². The molecule has 82 valence electrons. The van der Waals surface area contributed by atoms with Gasteiger partial charge < -0.3 is 15.0 Å². The van der Waals surface area contributed by atoms with Crippen LogP contribution in [0.4, 0.5) is 5.00 Å². The van der Waals surface area contributed by atoms with Crippen LogP contribution in [0.5, 0.6) is 0 Å². The molecule has 1 N–H and O–H groups in total. The summed E-state index contributed by atoms with van der Waals surface area (Å²) in [6.07, 6.45) is 0. The molecule has 0 radical (unpaired) electrons. The molecule has 15 heavy (non-hydrogen) atoms. The molecule has 0 atom stereocenters. The van der Waals surface area contributed by atoms with Crippen molar-refractivity contribution in [2.24, 2.45) is 0 Å². The first kappa shape index (κ1) is 10.3. The molecule has 1 aromatic rings. The third kappa shape index (κ3) is 2.07. The number of hydrogen-bond acceptors (Lipinski definition) is 6. The van der Waals surface area contributed by atoms with E-state index >= 15 is 0 Å². The number of carbonyl (C=O) groups excluding carboxylic acids is 1. The maximum absolute atomic E-state index is 11.5. The summed E-state index contributed by atoms with van der Waals surface area (Å²) in [5.74, 6) is -0.190. The summed E-state index contributed by atoms with van der Waals surface area (Å²) in [7, 11) is 1.59. The summed E-state index contributed by atoms with van der Waals surface area (Å²) >= 11 is 1.25. The number of carbonyl (C=O) groups is 1. The number of rotatable bonds is 2. The molecular formula is C8H12N4O2S. The number of ether oxygens (including phenoxy) is 1. The number of nitrogens with one attached hydrogen (secondary N) is 1. The molecule has 0 aromatic carbocycles. The minimum Gasteiger partial charge on any atom is -0.378 e. The van der Waals surface area contributed by atoms with Crippen molar-refractivity contribution in [3.05, 3.63) is 5.69 Å². The Balaban J connectivity index is 2.19. The van der Waals surface area contributed by atoms with Crippen LogP contribution in [0, 0.1) is 0 Å². The standard InChI is InChI=1S/C8H12N4O2S/c1-9-7(13)6-8(15-11-10-6)12-2-4-14-5-3-12/h2-5H2,1H3,(H,9,13). The van der Waals surface area contributed by atoms with Gasteiger partial charge in [-0.2, -0.15) is 0 Å². The van der Waals surface area contributed by atoms with Crippen LogP contribution in [0.15, 0.2) is 0 Å². The van der Waals surface area contributed by atoms with E-state index in [4.69, 9.17) is 4.74 Å². The smallest absolute Gasteiger partial charge is 0.274 e. The lowest BCUT2D eigenvalue weighted by Crippen LogP contribution is -2.37. The second-order valence-electron chi connectivity index (χ2n) is 3.11. The molecule has 1 amide bonds. The molecule has 1 saturated heterocycles. The third-order valence-corrected chi connectivity index (χ3v) is 3.00. The van der Waals surface area contributed by atoms with Crippen molar-refractivity contribution in [3.63, 3.8) is 0 Å². The van der Waals surface area contributed by atoms with E-state index in [9.17, 15) is 4.79 Å². The summed E-state index contributed by atoms with van der Waals surface area (Å²) in [5.41, 5.74) is 0.407. The van der Waals surface area contributed by atoms with Gasteiger partial charge in [-0.05, 0) is 0 Å². The number of nitrogens with zero attached hydrogens (tertiary/aromatic N) is 3. The van der Waals surface area contributed by atoms with Gasteiger partial charge in [-0.15, -0.1) is 5.10 Å². The van der Waals surface area contributed by atoms with Crippen LogP contribution in [0.25, 0.3) is 0 Å². The Kier molecular flexibility index (Phi) is 3.12. The van der Waals surface area contributed by atoms with Gasteiger partial charge in [0.1, 0.15) is 5.00 Å². The van der Waals surface area contributed by atoms with Gasteiger partial charge in [0.2, 0.25) is 0 Å². The van der Waals surface area contributed by atoms with Crippen LogP contribution in [0.1, 0.15) is 10.5 Å². The fourth-order valence-corrected chi connectivity index (χ4v) is 2.14. The lowest BCUT2D eigenvalue weighted by atomic mass is 10.3. The number of hydrogen-bond donors (Lipinski definition) is 1. The zero-order valence-electron chi connectivity index (χ0n) is 8.39. The van der Waals surface area contributed by atoms with Crippen molar-refractivity contribution >= 4 is 22.4 Å². The minimum atomic E-state index is -0.190. The van der Waals surface area contributed by atoms with Crippen LogP contribution in [0.2, 0.25) is 0 Å². The monoisotopic (exact) mass is 228 g/mol. The van der Waals surface area contributed by atoms with Gasteiger partial charge in [0.15, 0.2) is 5.69 Å². The van der Waals surface area contributed by atoms with E-state index in [1.54, 1.807) is 7.05 Å². The molecule has 1 aromatic heterocycles. The average molecular weight is 228 g/mol. The Labute approximate surface area is 91.4 Å². The number of morpholine rings is 1. The summed E-state index contributed by atoms with van der Waals surface area (Å²) in [6.45, 7) is 2.94. The van der Waals surface area contributed by atoms with Gasteiger partial charge in [-0.3, -0.25) is 4.79 Å². The largest absolute Gasteiger partial charge is 0.378 e. The Morgan fingerprint density at radius 1 is 1.53 bits per heavy atom. The van der Waals surface area contributed by atoms with E-state index < -0.39 is 0 Å². The zero-order valence-corrected chi connectivity index (χ0v) is 9.21. The van der Waals surface area contributed by atoms with Crippen molar-refractivity contribution in [1.82, 2.24) is 14.9 Å². The average Bonchev–Trinajstić information content (AvgIpc) is 2.78. The van der Waals surface area contributed by atoms with Crippen LogP contribution in [-0.2, 0) is 4.74 Å². The Bertz CT molecular complexity index is 348. The molecule has 1 aliphatic heterocycles. The predicted octanol–water partition coefficient (Wildman–Crippen LogP) is -0.266. The molecule has 1 fully saturated rings. The fraction of sp³-hybridized carbons (Fsp3) is 0.625. The molecular weight excluding hydrogens is 216 g/mol.